The number of carbonyl (C=O) groups is 2. The first-order valence-corrected chi connectivity index (χ1v) is 5.53. The highest BCUT2D eigenvalue weighted by Gasteiger charge is 2.33. The van der Waals surface area contributed by atoms with Crippen molar-refractivity contribution in [2.24, 2.45) is 5.92 Å². The second kappa shape index (κ2) is 6.48. The van der Waals surface area contributed by atoms with Gasteiger partial charge in [0, 0.05) is 26.1 Å². The Bertz CT molecular complexity index is 250. The normalized spacial score (nSPS) is 14.6. The van der Waals surface area contributed by atoms with Crippen molar-refractivity contribution in [1.82, 2.24) is 4.90 Å². The molecule has 0 aromatic heterocycles. The van der Waals surface area contributed by atoms with E-state index in [-0.39, 0.29) is 24.2 Å². The van der Waals surface area contributed by atoms with Crippen LogP contribution in [0.25, 0.3) is 0 Å². The lowest BCUT2D eigenvalue weighted by Gasteiger charge is -2.21. The first-order chi connectivity index (χ1) is 7.69. The summed E-state index contributed by atoms with van der Waals surface area (Å²) in [7, 11) is 2.95. The first kappa shape index (κ1) is 13.0. The maximum Gasteiger partial charge on any atom is 0.307 e. The average Bonchev–Trinajstić information content (AvgIpc) is 3.11. The van der Waals surface area contributed by atoms with Crippen LogP contribution in [0.3, 0.4) is 0 Å². The van der Waals surface area contributed by atoms with Crippen molar-refractivity contribution >= 4 is 11.9 Å². The van der Waals surface area contributed by atoms with Crippen LogP contribution in [0.4, 0.5) is 0 Å². The Morgan fingerprint density at radius 3 is 2.44 bits per heavy atom. The van der Waals surface area contributed by atoms with Crippen LogP contribution in [0.5, 0.6) is 0 Å². The number of hydrogen-bond acceptors (Lipinski definition) is 4. The molecule has 1 aliphatic rings. The van der Waals surface area contributed by atoms with Crippen molar-refractivity contribution in [3.05, 3.63) is 0 Å². The van der Waals surface area contributed by atoms with Gasteiger partial charge in [0.25, 0.3) is 0 Å². The Morgan fingerprint density at radius 2 is 1.94 bits per heavy atom. The molecule has 0 N–H and O–H groups in total. The highest BCUT2D eigenvalue weighted by atomic mass is 16.5. The van der Waals surface area contributed by atoms with Crippen molar-refractivity contribution in [2.45, 2.75) is 19.3 Å². The molecule has 0 atom stereocenters. The third kappa shape index (κ3) is 4.18. The first-order valence-electron chi connectivity index (χ1n) is 5.53. The van der Waals surface area contributed by atoms with Crippen LogP contribution in [0, 0.1) is 5.92 Å². The van der Waals surface area contributed by atoms with Crippen LogP contribution in [-0.4, -0.2) is 50.7 Å². The van der Waals surface area contributed by atoms with Crippen molar-refractivity contribution in [1.29, 1.82) is 0 Å². The van der Waals surface area contributed by atoms with Gasteiger partial charge in [0.05, 0.1) is 20.1 Å². The SMILES string of the molecule is COCCN(CCC(=O)OC)C(=O)C1CC1. The lowest BCUT2D eigenvalue weighted by Crippen LogP contribution is -2.36. The molecule has 0 aliphatic heterocycles. The highest BCUT2D eigenvalue weighted by molar-refractivity contribution is 5.81. The second-order valence-corrected chi connectivity index (χ2v) is 3.92. The number of amides is 1. The number of hydrogen-bond donors (Lipinski definition) is 0. The standard InChI is InChI=1S/C11H19NO4/c1-15-8-7-12(6-5-10(13)16-2)11(14)9-3-4-9/h9H,3-8H2,1-2H3. The van der Waals surface area contributed by atoms with Gasteiger partial charge in [-0.1, -0.05) is 0 Å². The number of esters is 1. The third-order valence-electron chi connectivity index (χ3n) is 2.62. The lowest BCUT2D eigenvalue weighted by molar-refractivity contribution is -0.142. The van der Waals surface area contributed by atoms with Crippen LogP contribution in [0.15, 0.2) is 0 Å². The van der Waals surface area contributed by atoms with Crippen molar-refractivity contribution in [3.63, 3.8) is 0 Å². The maximum atomic E-state index is 11.8. The van der Waals surface area contributed by atoms with Gasteiger partial charge >= 0.3 is 5.97 Å². The van der Waals surface area contributed by atoms with E-state index in [4.69, 9.17) is 4.74 Å². The Morgan fingerprint density at radius 1 is 1.25 bits per heavy atom. The number of rotatable bonds is 7. The molecule has 0 unspecified atom stereocenters. The van der Waals surface area contributed by atoms with Crippen molar-refractivity contribution in [3.8, 4) is 0 Å². The van der Waals surface area contributed by atoms with Crippen LogP contribution in [0.1, 0.15) is 19.3 Å². The predicted octanol–water partition coefficient (Wildman–Crippen LogP) is 0.434. The minimum Gasteiger partial charge on any atom is -0.469 e. The van der Waals surface area contributed by atoms with E-state index < -0.39 is 0 Å². The molecule has 1 aliphatic carbocycles. The van der Waals surface area contributed by atoms with E-state index in [1.54, 1.807) is 12.0 Å². The molecule has 5 nitrogen and oxygen atoms in total. The summed E-state index contributed by atoms with van der Waals surface area (Å²) < 4.78 is 9.50. The minimum absolute atomic E-state index is 0.140. The van der Waals surface area contributed by atoms with Gasteiger partial charge in [-0.2, -0.15) is 0 Å². The Labute approximate surface area is 95.7 Å². The van der Waals surface area contributed by atoms with E-state index in [1.807, 2.05) is 0 Å². The summed E-state index contributed by atoms with van der Waals surface area (Å²) in [5, 5.41) is 0. The lowest BCUT2D eigenvalue weighted by atomic mass is 10.3. The summed E-state index contributed by atoms with van der Waals surface area (Å²) in [6.07, 6.45) is 2.19. The monoisotopic (exact) mass is 229 g/mol. The molecule has 5 heteroatoms. The summed E-state index contributed by atoms with van der Waals surface area (Å²) in [6, 6.07) is 0. The van der Waals surface area contributed by atoms with Gasteiger partial charge < -0.3 is 14.4 Å². The maximum absolute atomic E-state index is 11.8. The minimum atomic E-state index is -0.286. The summed E-state index contributed by atoms with van der Waals surface area (Å²) >= 11 is 0. The molecule has 0 aromatic carbocycles. The summed E-state index contributed by atoms with van der Waals surface area (Å²) in [4.78, 5) is 24.5. The van der Waals surface area contributed by atoms with Gasteiger partial charge in [-0.3, -0.25) is 9.59 Å². The zero-order chi connectivity index (χ0) is 12.0. The second-order valence-electron chi connectivity index (χ2n) is 3.92. The molecular formula is C11H19NO4. The molecule has 0 spiro atoms. The number of carbonyl (C=O) groups excluding carboxylic acids is 2. The smallest absolute Gasteiger partial charge is 0.307 e. The van der Waals surface area contributed by atoms with Gasteiger partial charge in [-0.25, -0.2) is 0 Å². The molecule has 16 heavy (non-hydrogen) atoms. The third-order valence-corrected chi connectivity index (χ3v) is 2.62. The van der Waals surface area contributed by atoms with E-state index in [9.17, 15) is 9.59 Å². The average molecular weight is 229 g/mol. The summed E-state index contributed by atoms with van der Waals surface area (Å²) in [5.74, 6) is 0.0291. The van der Waals surface area contributed by atoms with Gasteiger partial charge in [0.15, 0.2) is 0 Å². The molecule has 1 fully saturated rings. The Kier molecular flexibility index (Phi) is 5.25. The fraction of sp³-hybridized carbons (Fsp3) is 0.818. The fourth-order valence-corrected chi connectivity index (χ4v) is 1.45. The molecule has 0 radical (unpaired) electrons. The van der Waals surface area contributed by atoms with Gasteiger partial charge in [-0.15, -0.1) is 0 Å². The predicted molar refractivity (Wildman–Crippen MR) is 57.8 cm³/mol. The van der Waals surface area contributed by atoms with E-state index in [0.29, 0.717) is 19.7 Å². The van der Waals surface area contributed by atoms with Gasteiger partial charge in [0.2, 0.25) is 5.91 Å². The largest absolute Gasteiger partial charge is 0.469 e. The van der Waals surface area contributed by atoms with Crippen LogP contribution < -0.4 is 0 Å². The van der Waals surface area contributed by atoms with Crippen LogP contribution in [0.2, 0.25) is 0 Å². The number of nitrogens with zero attached hydrogens (tertiary/aromatic N) is 1. The molecule has 1 saturated carbocycles. The Hall–Kier alpha value is -1.10. The number of methoxy groups -OCH3 is 2. The Balaban J connectivity index is 2.36. The molecule has 0 heterocycles. The van der Waals surface area contributed by atoms with Gasteiger partial charge in [-0.05, 0) is 12.8 Å². The van der Waals surface area contributed by atoms with Crippen molar-refractivity contribution in [2.75, 3.05) is 33.9 Å². The van der Waals surface area contributed by atoms with Crippen LogP contribution >= 0.6 is 0 Å². The topological polar surface area (TPSA) is 55.8 Å². The molecule has 92 valence electrons. The highest BCUT2D eigenvalue weighted by Crippen LogP contribution is 2.30. The molecule has 1 amide bonds. The summed E-state index contributed by atoms with van der Waals surface area (Å²) in [5.41, 5.74) is 0. The van der Waals surface area contributed by atoms with E-state index >= 15 is 0 Å². The van der Waals surface area contributed by atoms with E-state index in [2.05, 4.69) is 4.74 Å². The quantitative estimate of drug-likeness (QED) is 0.594. The summed E-state index contributed by atoms with van der Waals surface area (Å²) in [6.45, 7) is 1.47. The van der Waals surface area contributed by atoms with Crippen molar-refractivity contribution < 1.29 is 19.1 Å². The molecule has 0 aromatic rings. The molecular weight excluding hydrogens is 210 g/mol. The van der Waals surface area contributed by atoms with E-state index in [0.717, 1.165) is 12.8 Å². The van der Waals surface area contributed by atoms with Crippen LogP contribution in [-0.2, 0) is 19.1 Å². The molecule has 0 bridgehead atoms. The molecule has 1 rings (SSSR count). The zero-order valence-electron chi connectivity index (χ0n) is 9.90. The zero-order valence-corrected chi connectivity index (χ0v) is 9.90. The number of ether oxygens (including phenoxy) is 2. The van der Waals surface area contributed by atoms with Gasteiger partial charge in [0.1, 0.15) is 0 Å². The molecule has 0 saturated heterocycles. The van der Waals surface area contributed by atoms with E-state index in [1.165, 1.54) is 7.11 Å². The fourth-order valence-electron chi connectivity index (χ4n) is 1.45.